The Morgan fingerprint density at radius 2 is 1.04 bits per heavy atom. The molecule has 0 aromatic heterocycles. The number of aliphatic hydroxyl groups excluding tert-OH is 2. The number of likely N-dealkylation sites (N-methyl/N-ethyl adjacent to an activating group) is 2. The summed E-state index contributed by atoms with van der Waals surface area (Å²) in [5.41, 5.74) is 2.00. The summed E-state index contributed by atoms with van der Waals surface area (Å²) in [5, 5.41) is 35.7. The average molecular weight is 744 g/mol. The van der Waals surface area contributed by atoms with Gasteiger partial charge in [0.2, 0.25) is 11.8 Å². The number of rotatable bonds is 30. The summed E-state index contributed by atoms with van der Waals surface area (Å²) in [4.78, 5) is 44.2. The minimum Gasteiger partial charge on any atom is -0.480 e. The van der Waals surface area contributed by atoms with Crippen LogP contribution in [0.3, 0.4) is 0 Å². The predicted molar refractivity (Wildman–Crippen MR) is 206 cm³/mol. The largest absolute Gasteiger partial charge is 0.480 e. The van der Waals surface area contributed by atoms with E-state index in [2.05, 4.69) is 10.6 Å². The molecule has 0 heterocycles. The Kier molecular flexibility index (Phi) is 23.5. The van der Waals surface area contributed by atoms with Crippen molar-refractivity contribution in [3.8, 4) is 0 Å². The van der Waals surface area contributed by atoms with E-state index in [0.717, 1.165) is 11.1 Å². The highest BCUT2D eigenvalue weighted by Gasteiger charge is 2.28. The number of nitrogens with zero attached hydrogens (tertiary/aromatic N) is 3. The SMILES string of the molecule is CCC(O)CCNC(=O)CN(CC)C(COCc1ccccc1)CN(CC(=O)O)CC(COCc1ccccc1)N(CC)CC(=O)NCCC(O)CC. The van der Waals surface area contributed by atoms with E-state index in [1.165, 1.54) is 0 Å². The number of amides is 2. The number of aliphatic hydroxyl groups is 2. The van der Waals surface area contributed by atoms with E-state index in [1.807, 2.05) is 103 Å². The van der Waals surface area contributed by atoms with Crippen molar-refractivity contribution in [3.05, 3.63) is 71.8 Å². The summed E-state index contributed by atoms with van der Waals surface area (Å²) < 4.78 is 12.4. The standard InChI is InChI=1S/C40H65N5O8/c1-5-36(46)19-21-41-38(48)25-44(7-3)34(30-52-28-32-15-11-9-12-16-32)23-43(27-40(50)51)24-35(31-53-29-33-17-13-10-14-18-33)45(8-4)26-39(49)42-22-20-37(47)6-2/h9-18,34-37,46-47H,5-8,19-31H2,1-4H3,(H,41,48)(H,42,49)(H,50,51). The third kappa shape index (κ3) is 20.0. The molecular weight excluding hydrogens is 678 g/mol. The highest BCUT2D eigenvalue weighted by molar-refractivity contribution is 5.78. The molecule has 5 N–H and O–H groups in total. The molecule has 0 bridgehead atoms. The van der Waals surface area contributed by atoms with E-state index >= 15 is 0 Å². The number of aliphatic carboxylic acids is 1. The van der Waals surface area contributed by atoms with Crippen molar-refractivity contribution in [1.82, 2.24) is 25.3 Å². The van der Waals surface area contributed by atoms with Crippen molar-refractivity contribution >= 4 is 17.8 Å². The zero-order valence-electron chi connectivity index (χ0n) is 32.3. The maximum atomic E-state index is 13.1. The van der Waals surface area contributed by atoms with Crippen LogP contribution in [0.1, 0.15) is 64.5 Å². The van der Waals surface area contributed by atoms with E-state index in [1.54, 1.807) is 0 Å². The molecule has 0 aliphatic heterocycles. The van der Waals surface area contributed by atoms with E-state index in [9.17, 15) is 29.7 Å². The molecule has 0 radical (unpaired) electrons. The Morgan fingerprint density at radius 3 is 1.38 bits per heavy atom. The Morgan fingerprint density at radius 1 is 0.642 bits per heavy atom. The third-order valence-electron chi connectivity index (χ3n) is 9.22. The fourth-order valence-electron chi connectivity index (χ4n) is 5.96. The zero-order chi connectivity index (χ0) is 38.8. The molecule has 0 fully saturated rings. The van der Waals surface area contributed by atoms with Crippen LogP contribution in [0.4, 0.5) is 0 Å². The van der Waals surface area contributed by atoms with Crippen LogP contribution >= 0.6 is 0 Å². The van der Waals surface area contributed by atoms with Crippen LogP contribution in [0, 0.1) is 0 Å². The van der Waals surface area contributed by atoms with E-state index in [0.29, 0.717) is 65.1 Å². The second-order valence-electron chi connectivity index (χ2n) is 13.4. The van der Waals surface area contributed by atoms with Gasteiger partial charge in [-0.05, 0) is 49.9 Å². The number of carbonyl (C=O) groups is 3. The average Bonchev–Trinajstić information content (AvgIpc) is 3.15. The Balaban J connectivity index is 2.30. The molecular formula is C40H65N5O8. The summed E-state index contributed by atoms with van der Waals surface area (Å²) in [6.45, 7) is 11.1. The lowest BCUT2D eigenvalue weighted by atomic mass is 10.1. The smallest absolute Gasteiger partial charge is 0.317 e. The van der Waals surface area contributed by atoms with Gasteiger partial charge >= 0.3 is 5.97 Å². The topological polar surface area (TPSA) is 164 Å². The van der Waals surface area contributed by atoms with Crippen molar-refractivity contribution in [3.63, 3.8) is 0 Å². The van der Waals surface area contributed by atoms with Crippen LogP contribution in [0.15, 0.2) is 60.7 Å². The second kappa shape index (κ2) is 27.2. The van der Waals surface area contributed by atoms with Crippen LogP contribution in [0.5, 0.6) is 0 Å². The molecule has 0 saturated heterocycles. The highest BCUT2D eigenvalue weighted by Crippen LogP contribution is 2.12. The van der Waals surface area contributed by atoms with Crippen LogP contribution < -0.4 is 10.6 Å². The third-order valence-corrected chi connectivity index (χ3v) is 9.22. The maximum Gasteiger partial charge on any atom is 0.317 e. The van der Waals surface area contributed by atoms with Gasteiger partial charge in [-0.2, -0.15) is 0 Å². The van der Waals surface area contributed by atoms with Crippen LogP contribution in [-0.2, 0) is 37.1 Å². The number of carboxylic acid groups (broad SMARTS) is 1. The normalized spacial score (nSPS) is 13.9. The highest BCUT2D eigenvalue weighted by atomic mass is 16.5. The first kappa shape index (κ1) is 45.7. The minimum atomic E-state index is -0.997. The van der Waals surface area contributed by atoms with E-state index < -0.39 is 18.2 Å². The number of carbonyl (C=O) groups excluding carboxylic acids is 2. The van der Waals surface area contributed by atoms with Gasteiger partial charge in [0, 0.05) is 38.3 Å². The predicted octanol–water partition coefficient (Wildman–Crippen LogP) is 2.74. The lowest BCUT2D eigenvalue weighted by molar-refractivity contribution is -0.139. The lowest BCUT2D eigenvalue weighted by Gasteiger charge is -2.38. The Labute approximate surface area is 316 Å². The number of ether oxygens (including phenoxy) is 2. The maximum absolute atomic E-state index is 13.1. The first-order chi connectivity index (χ1) is 25.6. The molecule has 0 aliphatic carbocycles. The summed E-state index contributed by atoms with van der Waals surface area (Å²) in [6, 6.07) is 18.9. The molecule has 4 unspecified atom stereocenters. The quantitative estimate of drug-likeness (QED) is 0.0800. The Hall–Kier alpha value is -3.43. The summed E-state index contributed by atoms with van der Waals surface area (Å²) in [7, 11) is 0. The zero-order valence-corrected chi connectivity index (χ0v) is 32.3. The monoisotopic (exact) mass is 743 g/mol. The van der Waals surface area contributed by atoms with Gasteiger partial charge in [0.25, 0.3) is 0 Å². The molecule has 2 amide bonds. The van der Waals surface area contributed by atoms with Crippen molar-refractivity contribution < 1.29 is 39.2 Å². The number of carboxylic acids is 1. The van der Waals surface area contributed by atoms with Gasteiger partial charge in [-0.3, -0.25) is 29.1 Å². The first-order valence-electron chi connectivity index (χ1n) is 19.1. The summed E-state index contributed by atoms with van der Waals surface area (Å²) in [5.74, 6) is -1.37. The van der Waals surface area contributed by atoms with Gasteiger partial charge in [0.05, 0.1) is 58.3 Å². The number of hydrogen-bond donors (Lipinski definition) is 5. The molecule has 53 heavy (non-hydrogen) atoms. The van der Waals surface area contributed by atoms with Gasteiger partial charge in [-0.25, -0.2) is 0 Å². The Bertz CT molecular complexity index is 1180. The van der Waals surface area contributed by atoms with Crippen LogP contribution in [-0.4, -0.2) is 144 Å². The van der Waals surface area contributed by atoms with Crippen molar-refractivity contribution in [2.45, 2.75) is 90.9 Å². The molecule has 2 aromatic carbocycles. The molecule has 0 spiro atoms. The van der Waals surface area contributed by atoms with E-state index in [4.69, 9.17) is 9.47 Å². The molecule has 13 heteroatoms. The second-order valence-corrected chi connectivity index (χ2v) is 13.4. The van der Waals surface area contributed by atoms with Crippen molar-refractivity contribution in [1.29, 1.82) is 0 Å². The molecule has 2 aromatic rings. The lowest BCUT2D eigenvalue weighted by Crippen LogP contribution is -2.55. The molecule has 4 atom stereocenters. The van der Waals surface area contributed by atoms with Gasteiger partial charge in [-0.15, -0.1) is 0 Å². The van der Waals surface area contributed by atoms with Gasteiger partial charge in [0.15, 0.2) is 0 Å². The number of nitrogens with one attached hydrogen (secondary N) is 2. The van der Waals surface area contributed by atoms with Gasteiger partial charge < -0.3 is 35.4 Å². The minimum absolute atomic E-state index is 0.0800. The molecule has 0 aliphatic rings. The fourth-order valence-corrected chi connectivity index (χ4v) is 5.96. The summed E-state index contributed by atoms with van der Waals surface area (Å²) >= 11 is 0. The number of benzene rings is 2. The molecule has 13 nitrogen and oxygen atoms in total. The fraction of sp³-hybridized carbons (Fsp3) is 0.625. The molecule has 0 saturated carbocycles. The first-order valence-corrected chi connectivity index (χ1v) is 19.1. The summed E-state index contributed by atoms with van der Waals surface area (Å²) in [6.07, 6.45) is 1.19. The molecule has 2 rings (SSSR count). The van der Waals surface area contributed by atoms with Crippen LogP contribution in [0.25, 0.3) is 0 Å². The van der Waals surface area contributed by atoms with E-state index in [-0.39, 0.29) is 69.8 Å². The number of hydrogen-bond acceptors (Lipinski definition) is 10. The van der Waals surface area contributed by atoms with Crippen molar-refractivity contribution in [2.75, 3.05) is 72.1 Å². The van der Waals surface area contributed by atoms with Crippen LogP contribution in [0.2, 0.25) is 0 Å². The molecule has 298 valence electrons. The van der Waals surface area contributed by atoms with Crippen molar-refractivity contribution in [2.24, 2.45) is 0 Å². The van der Waals surface area contributed by atoms with Gasteiger partial charge in [-0.1, -0.05) is 88.4 Å². The van der Waals surface area contributed by atoms with Gasteiger partial charge in [0.1, 0.15) is 0 Å².